The second kappa shape index (κ2) is 7.86. The molecule has 1 rings (SSSR count). The highest BCUT2D eigenvalue weighted by molar-refractivity contribution is 8.02. The van der Waals surface area contributed by atoms with E-state index in [9.17, 15) is 4.79 Å². The van der Waals surface area contributed by atoms with Gasteiger partial charge in [0, 0.05) is 12.8 Å². The van der Waals surface area contributed by atoms with Crippen LogP contribution in [0.15, 0.2) is 26.7 Å². The van der Waals surface area contributed by atoms with E-state index in [2.05, 4.69) is 18.8 Å². The highest BCUT2D eigenvalue weighted by atomic mass is 32.2. The average Bonchev–Trinajstić information content (AvgIpc) is 2.79. The predicted octanol–water partition coefficient (Wildman–Crippen LogP) is 4.63. The third-order valence-electron chi connectivity index (χ3n) is 3.42. The number of aliphatic imine (C=N–C) groups is 1. The van der Waals surface area contributed by atoms with Crippen LogP contribution in [0.25, 0.3) is 0 Å². The Kier molecular flexibility index (Phi) is 6.72. The van der Waals surface area contributed by atoms with Crippen molar-refractivity contribution < 1.29 is 9.53 Å². The van der Waals surface area contributed by atoms with Crippen LogP contribution in [0.2, 0.25) is 0 Å². The topological polar surface area (TPSA) is 41.9 Å². The second-order valence-corrected chi connectivity index (χ2v) is 7.34. The Bertz CT molecular complexity index is 513. The molecule has 0 unspecified atom stereocenters. The van der Waals surface area contributed by atoms with E-state index in [4.69, 9.17) is 4.74 Å². The lowest BCUT2D eigenvalue weighted by atomic mass is 10.2. The predicted molar refractivity (Wildman–Crippen MR) is 95.5 cm³/mol. The molecule has 0 saturated heterocycles. The molecule has 5 heteroatoms. The molecule has 1 aliphatic rings. The highest BCUT2D eigenvalue weighted by Crippen LogP contribution is 2.23. The summed E-state index contributed by atoms with van der Waals surface area (Å²) in [5.41, 5.74) is 3.09. The number of thioether (sulfide) groups is 1. The summed E-state index contributed by atoms with van der Waals surface area (Å²) < 4.78 is 5.42. The number of allylic oxidation sites excluding steroid dienone is 1. The molecule has 1 aliphatic heterocycles. The molecular weight excluding hydrogens is 296 g/mol. The van der Waals surface area contributed by atoms with Crippen molar-refractivity contribution in [2.24, 2.45) is 4.99 Å². The zero-order chi connectivity index (χ0) is 16.9. The Morgan fingerprint density at radius 1 is 1.41 bits per heavy atom. The van der Waals surface area contributed by atoms with Gasteiger partial charge in [-0.15, -0.1) is 11.8 Å². The van der Waals surface area contributed by atoms with Crippen molar-refractivity contribution in [3.8, 4) is 0 Å². The molecule has 0 radical (unpaired) electrons. The van der Waals surface area contributed by atoms with Gasteiger partial charge in [-0.25, -0.2) is 9.79 Å². The van der Waals surface area contributed by atoms with Crippen LogP contribution in [0.5, 0.6) is 0 Å². The molecular formula is C17H28N2O2S. The van der Waals surface area contributed by atoms with Gasteiger partial charge in [-0.3, -0.25) is 4.90 Å². The minimum Gasteiger partial charge on any atom is -0.444 e. The van der Waals surface area contributed by atoms with Gasteiger partial charge in [0.05, 0.1) is 11.6 Å². The molecule has 22 heavy (non-hydrogen) atoms. The fraction of sp³-hybridized carbons (Fsp3) is 0.647. The molecule has 0 N–H and O–H groups in total. The van der Waals surface area contributed by atoms with Gasteiger partial charge in [0.2, 0.25) is 0 Å². The fourth-order valence-corrected chi connectivity index (χ4v) is 2.67. The van der Waals surface area contributed by atoms with Gasteiger partial charge < -0.3 is 4.74 Å². The smallest absolute Gasteiger partial charge is 0.410 e. The first-order valence-electron chi connectivity index (χ1n) is 7.62. The molecule has 0 atom stereocenters. The van der Waals surface area contributed by atoms with E-state index in [0.29, 0.717) is 13.1 Å². The number of hydrogen-bond acceptors (Lipinski definition) is 4. The minimum atomic E-state index is -0.463. The maximum atomic E-state index is 12.1. The van der Waals surface area contributed by atoms with Crippen molar-refractivity contribution in [2.75, 3.05) is 19.3 Å². The van der Waals surface area contributed by atoms with E-state index < -0.39 is 5.60 Å². The van der Waals surface area contributed by atoms with Crippen LogP contribution in [0.4, 0.5) is 4.79 Å². The first-order chi connectivity index (χ1) is 10.2. The monoisotopic (exact) mass is 324 g/mol. The number of rotatable bonds is 4. The van der Waals surface area contributed by atoms with Gasteiger partial charge >= 0.3 is 6.09 Å². The molecule has 0 fully saturated rings. The van der Waals surface area contributed by atoms with E-state index in [0.717, 1.165) is 17.0 Å². The summed E-state index contributed by atoms with van der Waals surface area (Å²) in [6.07, 6.45) is 4.66. The molecule has 0 aromatic rings. The van der Waals surface area contributed by atoms with Gasteiger partial charge in [-0.05, 0) is 64.0 Å². The zero-order valence-corrected chi connectivity index (χ0v) is 15.6. The average molecular weight is 324 g/mol. The number of carbonyl (C=O) groups excluding carboxylic acids is 1. The van der Waals surface area contributed by atoms with Crippen LogP contribution in [0.1, 0.15) is 48.0 Å². The Hall–Kier alpha value is -1.23. The first kappa shape index (κ1) is 18.8. The summed E-state index contributed by atoms with van der Waals surface area (Å²) >= 11 is 1.66. The number of carbonyl (C=O) groups is 1. The van der Waals surface area contributed by atoms with Crippen LogP contribution in [0, 0.1) is 0 Å². The van der Waals surface area contributed by atoms with Gasteiger partial charge in [-0.2, -0.15) is 0 Å². The summed E-state index contributed by atoms with van der Waals surface area (Å²) in [4.78, 5) is 18.4. The highest BCUT2D eigenvalue weighted by Gasteiger charge is 2.27. The number of hydrogen-bond donors (Lipinski definition) is 0. The van der Waals surface area contributed by atoms with Gasteiger partial charge in [0.15, 0.2) is 0 Å². The minimum absolute atomic E-state index is 0.263. The maximum Gasteiger partial charge on any atom is 0.410 e. The van der Waals surface area contributed by atoms with Crippen LogP contribution >= 0.6 is 11.8 Å². The van der Waals surface area contributed by atoms with Crippen molar-refractivity contribution in [1.29, 1.82) is 0 Å². The summed E-state index contributed by atoms with van der Waals surface area (Å²) in [5, 5.41) is 1.05. The molecule has 0 aromatic carbocycles. The fourth-order valence-electron chi connectivity index (χ4n) is 2.02. The number of nitrogens with zero attached hydrogens (tertiary/aromatic N) is 2. The SMILES string of the molecule is CC/C(C)=C(/N=CC1=C(C)CN(C(=O)OC(C)(C)C)C1)SC. The van der Waals surface area contributed by atoms with Crippen molar-refractivity contribution in [3.63, 3.8) is 0 Å². The second-order valence-electron chi connectivity index (χ2n) is 6.54. The molecule has 0 saturated carbocycles. The molecule has 0 bridgehead atoms. The summed E-state index contributed by atoms with van der Waals surface area (Å²) in [5.74, 6) is 0. The molecule has 0 aliphatic carbocycles. The Morgan fingerprint density at radius 2 is 2.05 bits per heavy atom. The number of ether oxygens (including phenoxy) is 1. The van der Waals surface area contributed by atoms with Crippen molar-refractivity contribution in [1.82, 2.24) is 4.90 Å². The van der Waals surface area contributed by atoms with E-state index in [1.54, 1.807) is 16.7 Å². The Balaban J connectivity index is 2.75. The standard InChI is InChI=1S/C17H28N2O2S/c1-8-12(2)15(22-7)18-9-14-11-19(10-13(14)3)16(20)21-17(4,5)6/h9H,8,10-11H2,1-7H3/b15-12-,18-9?. The van der Waals surface area contributed by atoms with Gasteiger partial charge in [-0.1, -0.05) is 6.92 Å². The van der Waals surface area contributed by atoms with Crippen LogP contribution < -0.4 is 0 Å². The van der Waals surface area contributed by atoms with Crippen molar-refractivity contribution in [3.05, 3.63) is 21.7 Å². The van der Waals surface area contributed by atoms with Crippen LogP contribution in [-0.4, -0.2) is 42.2 Å². The summed E-state index contributed by atoms with van der Waals surface area (Å²) in [7, 11) is 0. The quantitative estimate of drug-likeness (QED) is 0.708. The first-order valence-corrected chi connectivity index (χ1v) is 8.84. The Morgan fingerprint density at radius 3 is 2.55 bits per heavy atom. The summed E-state index contributed by atoms with van der Waals surface area (Å²) in [6.45, 7) is 13.1. The van der Waals surface area contributed by atoms with Gasteiger partial charge in [0.1, 0.15) is 5.60 Å². The molecule has 124 valence electrons. The molecule has 4 nitrogen and oxygen atoms in total. The van der Waals surface area contributed by atoms with E-state index in [1.807, 2.05) is 40.2 Å². The van der Waals surface area contributed by atoms with E-state index in [-0.39, 0.29) is 6.09 Å². The molecule has 1 amide bonds. The Labute approximate surface area is 138 Å². The van der Waals surface area contributed by atoms with Gasteiger partial charge in [0.25, 0.3) is 0 Å². The lowest BCUT2D eigenvalue weighted by Crippen LogP contribution is -2.35. The largest absolute Gasteiger partial charge is 0.444 e. The van der Waals surface area contributed by atoms with Crippen LogP contribution in [0.3, 0.4) is 0 Å². The van der Waals surface area contributed by atoms with Crippen LogP contribution in [-0.2, 0) is 4.74 Å². The molecule has 0 spiro atoms. The lowest BCUT2D eigenvalue weighted by Gasteiger charge is -2.24. The maximum absolute atomic E-state index is 12.1. The summed E-state index contributed by atoms with van der Waals surface area (Å²) in [6, 6.07) is 0. The normalized spacial score (nSPS) is 17.3. The third-order valence-corrected chi connectivity index (χ3v) is 4.26. The van der Waals surface area contributed by atoms with E-state index >= 15 is 0 Å². The van der Waals surface area contributed by atoms with Crippen molar-refractivity contribution in [2.45, 2.75) is 53.6 Å². The zero-order valence-electron chi connectivity index (χ0n) is 14.8. The third kappa shape index (κ3) is 5.52. The molecule has 1 heterocycles. The lowest BCUT2D eigenvalue weighted by molar-refractivity contribution is 0.0300. The number of amides is 1. The van der Waals surface area contributed by atoms with E-state index in [1.165, 1.54) is 11.1 Å². The van der Waals surface area contributed by atoms with Crippen molar-refractivity contribution >= 4 is 24.1 Å². The molecule has 0 aromatic heterocycles.